The van der Waals surface area contributed by atoms with Crippen molar-refractivity contribution in [1.29, 1.82) is 0 Å². The molecule has 1 saturated heterocycles. The first-order valence-electron chi connectivity index (χ1n) is 6.70. The zero-order valence-electron chi connectivity index (χ0n) is 11.9. The molecule has 1 aliphatic rings. The molecule has 0 amide bonds. The van der Waals surface area contributed by atoms with Gasteiger partial charge in [-0.15, -0.1) is 0 Å². The lowest BCUT2D eigenvalue weighted by atomic mass is 10.4. The van der Waals surface area contributed by atoms with Crippen molar-refractivity contribution in [3.63, 3.8) is 0 Å². The summed E-state index contributed by atoms with van der Waals surface area (Å²) in [6, 6.07) is 1.74. The Balaban J connectivity index is 1.76. The average Bonchev–Trinajstić information content (AvgIpc) is 2.88. The standard InChI is InChI=1S/C12H15N5O3S2/c1-9-10(21-12(18)15-9)22(19,20)17-7-5-16(6-8-17)11-13-3-2-4-14-11/h2-4H,5-8H2,1H3,(H,15,18). The number of sulfonamides is 1. The van der Waals surface area contributed by atoms with Crippen molar-refractivity contribution in [3.8, 4) is 0 Å². The Hall–Kier alpha value is -1.78. The SMILES string of the molecule is Cc1[nH]c(=O)sc1S(=O)(=O)N1CCN(c2ncccn2)CC1. The molecule has 10 heteroatoms. The van der Waals surface area contributed by atoms with E-state index in [9.17, 15) is 13.2 Å². The van der Waals surface area contributed by atoms with E-state index in [2.05, 4.69) is 15.0 Å². The minimum absolute atomic E-state index is 0.0990. The quantitative estimate of drug-likeness (QED) is 0.847. The van der Waals surface area contributed by atoms with Gasteiger partial charge in [-0.05, 0) is 13.0 Å². The fourth-order valence-corrected chi connectivity index (χ4v) is 5.19. The van der Waals surface area contributed by atoms with Crippen molar-refractivity contribution in [3.05, 3.63) is 33.8 Å². The number of aromatic amines is 1. The Bertz CT molecular complexity index is 807. The van der Waals surface area contributed by atoms with Gasteiger partial charge in [0.25, 0.3) is 10.0 Å². The van der Waals surface area contributed by atoms with Gasteiger partial charge in [0.05, 0.1) is 0 Å². The molecule has 0 saturated carbocycles. The molecule has 1 fully saturated rings. The van der Waals surface area contributed by atoms with Crippen LogP contribution in [0.15, 0.2) is 27.5 Å². The zero-order valence-corrected chi connectivity index (χ0v) is 13.5. The van der Waals surface area contributed by atoms with Gasteiger partial charge in [-0.3, -0.25) is 4.79 Å². The third-order valence-corrected chi connectivity index (χ3v) is 6.91. The molecule has 0 unspecified atom stereocenters. The van der Waals surface area contributed by atoms with Crippen molar-refractivity contribution >= 4 is 27.3 Å². The predicted octanol–water partition coefficient (Wildman–Crippen LogP) is 0.0457. The van der Waals surface area contributed by atoms with Crippen LogP contribution in [-0.2, 0) is 10.0 Å². The molecule has 0 spiro atoms. The Morgan fingerprint density at radius 3 is 2.36 bits per heavy atom. The molecule has 22 heavy (non-hydrogen) atoms. The van der Waals surface area contributed by atoms with Crippen molar-refractivity contribution < 1.29 is 8.42 Å². The third-order valence-electron chi connectivity index (χ3n) is 3.43. The van der Waals surface area contributed by atoms with E-state index in [-0.39, 0.29) is 9.08 Å². The average molecular weight is 341 g/mol. The van der Waals surface area contributed by atoms with E-state index in [4.69, 9.17) is 0 Å². The van der Waals surface area contributed by atoms with E-state index in [1.54, 1.807) is 25.4 Å². The fourth-order valence-electron chi connectivity index (χ4n) is 2.34. The molecule has 2 aromatic heterocycles. The van der Waals surface area contributed by atoms with Gasteiger partial charge in [-0.25, -0.2) is 18.4 Å². The zero-order chi connectivity index (χ0) is 15.7. The topological polar surface area (TPSA) is 99.3 Å². The fraction of sp³-hybridized carbons (Fsp3) is 0.417. The summed E-state index contributed by atoms with van der Waals surface area (Å²) in [5.41, 5.74) is 0.392. The van der Waals surface area contributed by atoms with Crippen LogP contribution < -0.4 is 9.77 Å². The first kappa shape index (κ1) is 15.1. The van der Waals surface area contributed by atoms with Crippen LogP contribution >= 0.6 is 11.3 Å². The summed E-state index contributed by atoms with van der Waals surface area (Å²) >= 11 is 0.733. The summed E-state index contributed by atoms with van der Waals surface area (Å²) < 4.78 is 26.7. The number of hydrogen-bond acceptors (Lipinski definition) is 7. The van der Waals surface area contributed by atoms with Crippen LogP contribution in [0.2, 0.25) is 0 Å². The molecule has 0 aromatic carbocycles. The molecule has 3 rings (SSSR count). The largest absolute Gasteiger partial charge is 0.338 e. The lowest BCUT2D eigenvalue weighted by molar-refractivity contribution is 0.383. The number of nitrogens with one attached hydrogen (secondary N) is 1. The highest BCUT2D eigenvalue weighted by atomic mass is 32.2. The van der Waals surface area contributed by atoms with Gasteiger partial charge in [0.1, 0.15) is 0 Å². The molecule has 8 nitrogen and oxygen atoms in total. The molecule has 0 aliphatic carbocycles. The van der Waals surface area contributed by atoms with Crippen LogP contribution in [0.25, 0.3) is 0 Å². The summed E-state index contributed by atoms with van der Waals surface area (Å²) in [5, 5.41) is 0. The second-order valence-corrected chi connectivity index (χ2v) is 7.98. The van der Waals surface area contributed by atoms with Crippen LogP contribution in [-0.4, -0.2) is 53.9 Å². The maximum Gasteiger partial charge on any atom is 0.305 e. The van der Waals surface area contributed by atoms with Crippen LogP contribution in [0.3, 0.4) is 0 Å². The van der Waals surface area contributed by atoms with Crippen LogP contribution in [0.5, 0.6) is 0 Å². The molecule has 0 radical (unpaired) electrons. The number of thiazole rings is 1. The van der Waals surface area contributed by atoms with E-state index >= 15 is 0 Å². The molecular formula is C12H15N5O3S2. The van der Waals surface area contributed by atoms with Crippen molar-refractivity contribution in [2.45, 2.75) is 11.1 Å². The monoisotopic (exact) mass is 341 g/mol. The number of piperazine rings is 1. The minimum Gasteiger partial charge on any atom is -0.338 e. The second kappa shape index (κ2) is 5.78. The van der Waals surface area contributed by atoms with E-state index in [0.717, 1.165) is 11.3 Å². The Labute approximate surface area is 131 Å². The Morgan fingerprint density at radius 1 is 1.18 bits per heavy atom. The van der Waals surface area contributed by atoms with Gasteiger partial charge in [0.2, 0.25) is 5.95 Å². The number of nitrogens with zero attached hydrogens (tertiary/aromatic N) is 4. The van der Waals surface area contributed by atoms with Gasteiger partial charge in [0.15, 0.2) is 4.21 Å². The number of anilines is 1. The van der Waals surface area contributed by atoms with Gasteiger partial charge in [-0.2, -0.15) is 4.31 Å². The van der Waals surface area contributed by atoms with Gasteiger partial charge in [-0.1, -0.05) is 11.3 Å². The van der Waals surface area contributed by atoms with Crippen LogP contribution in [0.1, 0.15) is 5.69 Å². The number of aryl methyl sites for hydroxylation is 1. The molecule has 0 atom stereocenters. The Kier molecular flexibility index (Phi) is 3.98. The normalized spacial score (nSPS) is 16.9. The summed E-state index contributed by atoms with van der Waals surface area (Å²) in [4.78, 5) is 23.8. The highest BCUT2D eigenvalue weighted by molar-refractivity contribution is 7.91. The van der Waals surface area contributed by atoms with Crippen molar-refractivity contribution in [1.82, 2.24) is 19.3 Å². The van der Waals surface area contributed by atoms with E-state index in [1.807, 2.05) is 4.90 Å². The van der Waals surface area contributed by atoms with Gasteiger partial charge < -0.3 is 9.88 Å². The lowest BCUT2D eigenvalue weighted by Crippen LogP contribution is -2.49. The number of hydrogen-bond donors (Lipinski definition) is 1. The minimum atomic E-state index is -3.62. The molecule has 118 valence electrons. The highest BCUT2D eigenvalue weighted by Gasteiger charge is 2.31. The number of rotatable bonds is 3. The summed E-state index contributed by atoms with van der Waals surface area (Å²) in [6.07, 6.45) is 3.32. The predicted molar refractivity (Wildman–Crippen MR) is 82.7 cm³/mol. The summed E-state index contributed by atoms with van der Waals surface area (Å²) in [5.74, 6) is 0.599. The number of H-pyrrole nitrogens is 1. The van der Waals surface area contributed by atoms with Crippen molar-refractivity contribution in [2.24, 2.45) is 0 Å². The van der Waals surface area contributed by atoms with E-state index in [1.165, 1.54) is 4.31 Å². The molecule has 1 N–H and O–H groups in total. The molecule has 0 bridgehead atoms. The summed E-state index contributed by atoms with van der Waals surface area (Å²) in [6.45, 7) is 3.31. The molecule has 3 heterocycles. The smallest absolute Gasteiger partial charge is 0.305 e. The van der Waals surface area contributed by atoms with E-state index in [0.29, 0.717) is 37.8 Å². The highest BCUT2D eigenvalue weighted by Crippen LogP contribution is 2.22. The van der Waals surface area contributed by atoms with Crippen molar-refractivity contribution in [2.75, 3.05) is 31.1 Å². The van der Waals surface area contributed by atoms with Crippen LogP contribution in [0.4, 0.5) is 5.95 Å². The molecule has 1 aliphatic heterocycles. The maximum absolute atomic E-state index is 12.6. The molecule has 2 aromatic rings. The van der Waals surface area contributed by atoms with E-state index < -0.39 is 10.0 Å². The Morgan fingerprint density at radius 2 is 1.82 bits per heavy atom. The molecular weight excluding hydrogens is 326 g/mol. The second-order valence-electron chi connectivity index (χ2n) is 4.87. The lowest BCUT2D eigenvalue weighted by Gasteiger charge is -2.33. The number of aromatic nitrogens is 3. The third kappa shape index (κ3) is 2.76. The first-order chi connectivity index (χ1) is 10.5. The first-order valence-corrected chi connectivity index (χ1v) is 8.96. The van der Waals surface area contributed by atoms with Gasteiger partial charge in [0, 0.05) is 44.3 Å². The maximum atomic E-state index is 12.6. The van der Waals surface area contributed by atoms with Gasteiger partial charge >= 0.3 is 4.87 Å². The van der Waals surface area contributed by atoms with Crippen LogP contribution in [0, 0.1) is 6.92 Å². The summed E-state index contributed by atoms with van der Waals surface area (Å²) in [7, 11) is -3.62.